The number of carboxylic acid groups (broad SMARTS) is 1. The monoisotopic (exact) mass is 256 g/mol. The van der Waals surface area contributed by atoms with Crippen molar-refractivity contribution in [2.24, 2.45) is 11.3 Å². The lowest BCUT2D eigenvalue weighted by Gasteiger charge is -2.34. The molecule has 5 heteroatoms. The molecule has 1 amide bonds. The van der Waals surface area contributed by atoms with Gasteiger partial charge < -0.3 is 15.7 Å². The van der Waals surface area contributed by atoms with Gasteiger partial charge in [0.15, 0.2) is 0 Å². The molecule has 0 spiro atoms. The molecule has 5 nitrogen and oxygen atoms in total. The second-order valence-corrected chi connectivity index (χ2v) is 5.49. The minimum Gasteiger partial charge on any atom is -0.480 e. The van der Waals surface area contributed by atoms with Gasteiger partial charge in [-0.3, -0.25) is 4.79 Å². The summed E-state index contributed by atoms with van der Waals surface area (Å²) in [6.45, 7) is 7.32. The molecule has 0 aliphatic carbocycles. The number of carboxylic acids is 1. The Balaban J connectivity index is 2.68. The molecule has 104 valence electrons. The Morgan fingerprint density at radius 1 is 1.39 bits per heavy atom. The van der Waals surface area contributed by atoms with E-state index in [4.69, 9.17) is 0 Å². The third-order valence-electron chi connectivity index (χ3n) is 4.02. The highest BCUT2D eigenvalue weighted by Crippen LogP contribution is 2.28. The van der Waals surface area contributed by atoms with E-state index in [9.17, 15) is 14.7 Å². The first kappa shape index (κ1) is 15.0. The summed E-state index contributed by atoms with van der Waals surface area (Å²) < 4.78 is 0. The first-order valence-electron chi connectivity index (χ1n) is 6.65. The summed E-state index contributed by atoms with van der Waals surface area (Å²) in [4.78, 5) is 23.4. The number of carbonyl (C=O) groups excluding carboxylic acids is 1. The summed E-state index contributed by atoms with van der Waals surface area (Å²) >= 11 is 0. The van der Waals surface area contributed by atoms with Gasteiger partial charge in [-0.2, -0.15) is 0 Å². The molecule has 3 N–H and O–H groups in total. The van der Waals surface area contributed by atoms with Gasteiger partial charge in [0.25, 0.3) is 0 Å². The second kappa shape index (κ2) is 6.18. The maximum absolute atomic E-state index is 12.3. The minimum atomic E-state index is -0.949. The fourth-order valence-electron chi connectivity index (χ4n) is 2.20. The molecule has 0 saturated carbocycles. The van der Waals surface area contributed by atoms with Gasteiger partial charge in [-0.15, -0.1) is 0 Å². The number of piperidine rings is 1. The topological polar surface area (TPSA) is 78.4 Å². The van der Waals surface area contributed by atoms with E-state index in [1.807, 2.05) is 20.8 Å². The van der Waals surface area contributed by atoms with Crippen molar-refractivity contribution in [2.75, 3.05) is 13.1 Å². The van der Waals surface area contributed by atoms with E-state index in [1.54, 1.807) is 0 Å². The Bertz CT molecular complexity index is 311. The van der Waals surface area contributed by atoms with E-state index in [-0.39, 0.29) is 11.8 Å². The normalized spacial score (nSPS) is 21.9. The van der Waals surface area contributed by atoms with Gasteiger partial charge in [0, 0.05) is 5.41 Å². The van der Waals surface area contributed by atoms with Crippen LogP contribution in [0.25, 0.3) is 0 Å². The lowest BCUT2D eigenvalue weighted by molar-refractivity contribution is -0.145. The zero-order valence-corrected chi connectivity index (χ0v) is 11.5. The standard InChI is InChI=1S/C13H24N2O3/c1-4-9(2)10(11(16)17)15-12(18)13(3)5-7-14-8-6-13/h9-10,14H,4-8H2,1-3H3,(H,15,18)(H,16,17)/t9?,10-/m0/s1. The van der Waals surface area contributed by atoms with Gasteiger partial charge in [0.2, 0.25) is 5.91 Å². The highest BCUT2D eigenvalue weighted by Gasteiger charge is 2.37. The zero-order chi connectivity index (χ0) is 13.8. The van der Waals surface area contributed by atoms with Crippen molar-refractivity contribution < 1.29 is 14.7 Å². The van der Waals surface area contributed by atoms with Crippen LogP contribution < -0.4 is 10.6 Å². The largest absolute Gasteiger partial charge is 0.480 e. The molecular formula is C13H24N2O3. The van der Waals surface area contributed by atoms with Crippen LogP contribution in [0.2, 0.25) is 0 Å². The number of hydrogen-bond acceptors (Lipinski definition) is 3. The Morgan fingerprint density at radius 3 is 2.39 bits per heavy atom. The van der Waals surface area contributed by atoms with Crippen LogP contribution in [0.1, 0.15) is 40.0 Å². The molecule has 1 aliphatic heterocycles. The maximum Gasteiger partial charge on any atom is 0.326 e. The van der Waals surface area contributed by atoms with Crippen molar-refractivity contribution >= 4 is 11.9 Å². The minimum absolute atomic E-state index is 0.0586. The van der Waals surface area contributed by atoms with Crippen LogP contribution in [0.3, 0.4) is 0 Å². The van der Waals surface area contributed by atoms with Crippen LogP contribution in [0.5, 0.6) is 0 Å². The Morgan fingerprint density at radius 2 is 1.94 bits per heavy atom. The van der Waals surface area contributed by atoms with E-state index < -0.39 is 17.4 Å². The molecule has 0 bridgehead atoms. The van der Waals surface area contributed by atoms with Gasteiger partial charge in [-0.1, -0.05) is 27.2 Å². The van der Waals surface area contributed by atoms with Crippen molar-refractivity contribution in [3.63, 3.8) is 0 Å². The van der Waals surface area contributed by atoms with Gasteiger partial charge >= 0.3 is 5.97 Å². The van der Waals surface area contributed by atoms with Crippen LogP contribution in [0.4, 0.5) is 0 Å². The van der Waals surface area contributed by atoms with Crippen molar-refractivity contribution in [2.45, 2.75) is 46.1 Å². The van der Waals surface area contributed by atoms with E-state index in [1.165, 1.54) is 0 Å². The summed E-state index contributed by atoms with van der Waals surface area (Å²) in [6.07, 6.45) is 2.24. The molecule has 1 unspecified atom stereocenters. The molecular weight excluding hydrogens is 232 g/mol. The number of amides is 1. The van der Waals surface area contributed by atoms with Gasteiger partial charge in [0.1, 0.15) is 6.04 Å². The van der Waals surface area contributed by atoms with E-state index in [2.05, 4.69) is 10.6 Å². The number of hydrogen-bond donors (Lipinski definition) is 3. The van der Waals surface area contributed by atoms with E-state index in [0.717, 1.165) is 32.4 Å². The zero-order valence-electron chi connectivity index (χ0n) is 11.5. The fourth-order valence-corrected chi connectivity index (χ4v) is 2.20. The van der Waals surface area contributed by atoms with Crippen LogP contribution in [-0.4, -0.2) is 36.1 Å². The number of carbonyl (C=O) groups is 2. The quantitative estimate of drug-likeness (QED) is 0.685. The van der Waals surface area contributed by atoms with E-state index in [0.29, 0.717) is 0 Å². The molecule has 0 radical (unpaired) electrons. The summed E-state index contributed by atoms with van der Waals surface area (Å²) in [5, 5.41) is 15.1. The Hall–Kier alpha value is -1.10. The highest BCUT2D eigenvalue weighted by atomic mass is 16.4. The van der Waals surface area contributed by atoms with Gasteiger partial charge in [-0.05, 0) is 31.8 Å². The molecule has 0 aromatic carbocycles. The SMILES string of the molecule is CCC(C)[C@H](NC(=O)C1(C)CCNCC1)C(=O)O. The van der Waals surface area contributed by atoms with Crippen molar-refractivity contribution in [1.29, 1.82) is 0 Å². The maximum atomic E-state index is 12.3. The summed E-state index contributed by atoms with van der Waals surface area (Å²) in [6, 6.07) is -0.783. The molecule has 0 aromatic heterocycles. The summed E-state index contributed by atoms with van der Waals surface area (Å²) in [7, 11) is 0. The fraction of sp³-hybridized carbons (Fsp3) is 0.846. The third-order valence-corrected chi connectivity index (χ3v) is 4.02. The second-order valence-electron chi connectivity index (χ2n) is 5.49. The molecule has 2 atom stereocenters. The average Bonchev–Trinajstić information content (AvgIpc) is 2.35. The van der Waals surface area contributed by atoms with Crippen molar-refractivity contribution in [3.05, 3.63) is 0 Å². The van der Waals surface area contributed by atoms with Crippen molar-refractivity contribution in [3.8, 4) is 0 Å². The highest BCUT2D eigenvalue weighted by molar-refractivity contribution is 5.87. The van der Waals surface area contributed by atoms with E-state index >= 15 is 0 Å². The average molecular weight is 256 g/mol. The summed E-state index contributed by atoms with van der Waals surface area (Å²) in [5.41, 5.74) is -0.438. The first-order chi connectivity index (χ1) is 8.40. The number of aliphatic carboxylic acids is 1. The Labute approximate surface area is 108 Å². The molecule has 18 heavy (non-hydrogen) atoms. The third kappa shape index (κ3) is 3.45. The van der Waals surface area contributed by atoms with Gasteiger partial charge in [0.05, 0.1) is 0 Å². The molecule has 0 aromatic rings. The Kier molecular flexibility index (Phi) is 5.14. The van der Waals surface area contributed by atoms with Gasteiger partial charge in [-0.25, -0.2) is 4.79 Å². The number of nitrogens with one attached hydrogen (secondary N) is 2. The van der Waals surface area contributed by atoms with Crippen LogP contribution >= 0.6 is 0 Å². The smallest absolute Gasteiger partial charge is 0.326 e. The lowest BCUT2D eigenvalue weighted by atomic mass is 9.79. The van der Waals surface area contributed by atoms with Crippen LogP contribution in [-0.2, 0) is 9.59 Å². The first-order valence-corrected chi connectivity index (χ1v) is 6.65. The summed E-state index contributed by atoms with van der Waals surface area (Å²) in [5.74, 6) is -1.14. The predicted molar refractivity (Wildman–Crippen MR) is 69.2 cm³/mol. The van der Waals surface area contributed by atoms with Crippen LogP contribution in [0, 0.1) is 11.3 Å². The lowest BCUT2D eigenvalue weighted by Crippen LogP contribution is -2.52. The van der Waals surface area contributed by atoms with Crippen LogP contribution in [0.15, 0.2) is 0 Å². The molecule has 1 fully saturated rings. The molecule has 1 saturated heterocycles. The molecule has 1 aliphatic rings. The molecule has 1 rings (SSSR count). The number of rotatable bonds is 5. The predicted octanol–water partition coefficient (Wildman–Crippen LogP) is 0.992. The molecule has 1 heterocycles. The van der Waals surface area contributed by atoms with Crippen molar-refractivity contribution in [1.82, 2.24) is 10.6 Å².